The predicted octanol–water partition coefficient (Wildman–Crippen LogP) is 4.15. The summed E-state index contributed by atoms with van der Waals surface area (Å²) in [6, 6.07) is 16.0. The Morgan fingerprint density at radius 2 is 2.00 bits per heavy atom. The molecular formula is C21H19FN2O2S. The molecule has 27 heavy (non-hydrogen) atoms. The lowest BCUT2D eigenvalue weighted by atomic mass is 10.2. The standard InChI is InChI=1S/C21H19FN2O2S/c22-16-6-8-18(9-7-16)27-14-20(25)24-12-10-17(13-24)26-19-5-1-3-15-4-2-11-23-21(15)19/h1-9,11,17H,10,12-14H2. The minimum Gasteiger partial charge on any atom is -0.486 e. The molecule has 2 aromatic carbocycles. The molecule has 0 saturated carbocycles. The SMILES string of the molecule is O=C(CSc1ccc(F)cc1)N1CCC(Oc2cccc3cccnc23)C1. The quantitative estimate of drug-likeness (QED) is 0.622. The largest absolute Gasteiger partial charge is 0.486 e. The summed E-state index contributed by atoms with van der Waals surface area (Å²) >= 11 is 1.42. The molecule has 0 bridgehead atoms. The first-order valence-corrected chi connectivity index (χ1v) is 9.84. The van der Waals surface area contributed by atoms with Crippen molar-refractivity contribution in [2.24, 2.45) is 0 Å². The molecule has 6 heteroatoms. The van der Waals surface area contributed by atoms with Crippen LogP contribution < -0.4 is 4.74 Å². The van der Waals surface area contributed by atoms with Gasteiger partial charge < -0.3 is 9.64 Å². The van der Waals surface area contributed by atoms with Crippen molar-refractivity contribution in [1.29, 1.82) is 0 Å². The Balaban J connectivity index is 1.34. The van der Waals surface area contributed by atoms with Crippen molar-refractivity contribution in [2.45, 2.75) is 17.4 Å². The molecule has 0 N–H and O–H groups in total. The third-order valence-corrected chi connectivity index (χ3v) is 5.56. The average Bonchev–Trinajstić information content (AvgIpc) is 3.16. The fraction of sp³-hybridized carbons (Fsp3) is 0.238. The number of rotatable bonds is 5. The van der Waals surface area contributed by atoms with Crippen LogP contribution in [0.15, 0.2) is 65.7 Å². The number of carbonyl (C=O) groups is 1. The molecule has 1 aromatic heterocycles. The van der Waals surface area contributed by atoms with Gasteiger partial charge in [0.25, 0.3) is 0 Å². The van der Waals surface area contributed by atoms with E-state index in [2.05, 4.69) is 4.98 Å². The van der Waals surface area contributed by atoms with E-state index in [9.17, 15) is 9.18 Å². The Bertz CT molecular complexity index is 943. The number of carbonyl (C=O) groups excluding carboxylic acids is 1. The van der Waals surface area contributed by atoms with Gasteiger partial charge >= 0.3 is 0 Å². The van der Waals surface area contributed by atoms with Gasteiger partial charge in [0.05, 0.1) is 12.3 Å². The van der Waals surface area contributed by atoms with E-state index in [4.69, 9.17) is 4.74 Å². The Morgan fingerprint density at radius 3 is 2.85 bits per heavy atom. The average molecular weight is 382 g/mol. The molecule has 0 radical (unpaired) electrons. The fourth-order valence-electron chi connectivity index (χ4n) is 3.17. The van der Waals surface area contributed by atoms with Crippen LogP contribution in [0, 0.1) is 5.82 Å². The zero-order chi connectivity index (χ0) is 18.6. The molecule has 2 heterocycles. The fourth-order valence-corrected chi connectivity index (χ4v) is 3.97. The van der Waals surface area contributed by atoms with Crippen LogP contribution in [0.2, 0.25) is 0 Å². The summed E-state index contributed by atoms with van der Waals surface area (Å²) < 4.78 is 19.1. The molecule has 1 aliphatic heterocycles. The molecule has 1 aliphatic rings. The first kappa shape index (κ1) is 17.8. The van der Waals surface area contributed by atoms with Crippen molar-refractivity contribution < 1.29 is 13.9 Å². The number of nitrogens with zero attached hydrogens (tertiary/aromatic N) is 2. The molecule has 0 aliphatic carbocycles. The molecule has 1 saturated heterocycles. The maximum atomic E-state index is 12.9. The van der Waals surface area contributed by atoms with Crippen molar-refractivity contribution >= 4 is 28.6 Å². The highest BCUT2D eigenvalue weighted by molar-refractivity contribution is 8.00. The molecule has 4 nitrogen and oxygen atoms in total. The van der Waals surface area contributed by atoms with Gasteiger partial charge in [-0.2, -0.15) is 0 Å². The smallest absolute Gasteiger partial charge is 0.233 e. The Kier molecular flexibility index (Phi) is 5.25. The number of fused-ring (bicyclic) bond motifs is 1. The highest BCUT2D eigenvalue weighted by Crippen LogP contribution is 2.26. The van der Waals surface area contributed by atoms with E-state index in [1.165, 1.54) is 23.9 Å². The summed E-state index contributed by atoms with van der Waals surface area (Å²) in [6.07, 6.45) is 2.53. The molecule has 4 rings (SSSR count). The number of amides is 1. The lowest BCUT2D eigenvalue weighted by Crippen LogP contribution is -2.32. The van der Waals surface area contributed by atoms with Gasteiger partial charge in [-0.05, 0) is 36.4 Å². The van der Waals surface area contributed by atoms with E-state index in [1.807, 2.05) is 35.2 Å². The van der Waals surface area contributed by atoms with Crippen LogP contribution in [-0.4, -0.2) is 40.7 Å². The lowest BCUT2D eigenvalue weighted by molar-refractivity contribution is -0.127. The second-order valence-corrected chi connectivity index (χ2v) is 7.49. The number of hydrogen-bond donors (Lipinski definition) is 0. The van der Waals surface area contributed by atoms with Crippen LogP contribution in [0.3, 0.4) is 0 Å². The third-order valence-electron chi connectivity index (χ3n) is 4.56. The number of aromatic nitrogens is 1. The van der Waals surface area contributed by atoms with Crippen LogP contribution in [-0.2, 0) is 4.79 Å². The van der Waals surface area contributed by atoms with Crippen molar-refractivity contribution in [1.82, 2.24) is 9.88 Å². The van der Waals surface area contributed by atoms with Gasteiger partial charge in [0.15, 0.2) is 0 Å². The van der Waals surface area contributed by atoms with E-state index >= 15 is 0 Å². The molecule has 3 aromatic rings. The monoisotopic (exact) mass is 382 g/mol. The Morgan fingerprint density at radius 1 is 1.19 bits per heavy atom. The number of pyridine rings is 1. The van der Waals surface area contributed by atoms with E-state index in [0.29, 0.717) is 18.8 Å². The molecule has 0 spiro atoms. The number of para-hydroxylation sites is 1. The van der Waals surface area contributed by atoms with Crippen LogP contribution in [0.5, 0.6) is 5.75 Å². The van der Waals surface area contributed by atoms with E-state index in [0.717, 1.165) is 28.0 Å². The van der Waals surface area contributed by atoms with Crippen LogP contribution in [0.1, 0.15) is 6.42 Å². The first-order valence-electron chi connectivity index (χ1n) is 8.85. The second-order valence-electron chi connectivity index (χ2n) is 6.44. The summed E-state index contributed by atoms with van der Waals surface area (Å²) in [6.45, 7) is 1.26. The summed E-state index contributed by atoms with van der Waals surface area (Å²) in [5.74, 6) is 0.904. The van der Waals surface area contributed by atoms with Gasteiger partial charge in [0.2, 0.25) is 5.91 Å². The number of thioether (sulfide) groups is 1. The van der Waals surface area contributed by atoms with Crippen LogP contribution >= 0.6 is 11.8 Å². The molecular weight excluding hydrogens is 363 g/mol. The molecule has 138 valence electrons. The van der Waals surface area contributed by atoms with Gasteiger partial charge in [-0.25, -0.2) is 4.39 Å². The number of benzene rings is 2. The Hall–Kier alpha value is -2.60. The highest BCUT2D eigenvalue weighted by atomic mass is 32.2. The number of likely N-dealkylation sites (tertiary alicyclic amines) is 1. The van der Waals surface area contributed by atoms with Gasteiger partial charge in [-0.15, -0.1) is 11.8 Å². The molecule has 1 amide bonds. The summed E-state index contributed by atoms with van der Waals surface area (Å²) in [4.78, 5) is 19.6. The maximum Gasteiger partial charge on any atom is 0.233 e. The molecule has 1 atom stereocenters. The zero-order valence-electron chi connectivity index (χ0n) is 14.7. The first-order chi connectivity index (χ1) is 13.2. The number of ether oxygens (including phenoxy) is 1. The highest BCUT2D eigenvalue weighted by Gasteiger charge is 2.28. The van der Waals surface area contributed by atoms with Gasteiger partial charge in [-0.1, -0.05) is 18.2 Å². The Labute approximate surface area is 161 Å². The summed E-state index contributed by atoms with van der Waals surface area (Å²) in [7, 11) is 0. The topological polar surface area (TPSA) is 42.4 Å². The van der Waals surface area contributed by atoms with Gasteiger partial charge in [0.1, 0.15) is 23.2 Å². The molecule has 1 unspecified atom stereocenters. The molecule has 1 fully saturated rings. The normalized spacial score (nSPS) is 16.6. The van der Waals surface area contributed by atoms with E-state index in [-0.39, 0.29) is 17.8 Å². The van der Waals surface area contributed by atoms with Crippen LogP contribution in [0.4, 0.5) is 4.39 Å². The van der Waals surface area contributed by atoms with Gasteiger partial charge in [0, 0.05) is 29.4 Å². The van der Waals surface area contributed by atoms with Crippen LogP contribution in [0.25, 0.3) is 10.9 Å². The third kappa shape index (κ3) is 4.22. The van der Waals surface area contributed by atoms with Crippen molar-refractivity contribution in [3.05, 3.63) is 66.6 Å². The minimum absolute atomic E-state index is 0.0302. The number of halogens is 1. The minimum atomic E-state index is -0.270. The summed E-state index contributed by atoms with van der Waals surface area (Å²) in [5.41, 5.74) is 0.844. The second kappa shape index (κ2) is 7.96. The van der Waals surface area contributed by atoms with Crippen molar-refractivity contribution in [2.75, 3.05) is 18.8 Å². The maximum absolute atomic E-state index is 12.9. The van der Waals surface area contributed by atoms with Crippen molar-refractivity contribution in [3.63, 3.8) is 0 Å². The van der Waals surface area contributed by atoms with E-state index in [1.54, 1.807) is 18.3 Å². The predicted molar refractivity (Wildman–Crippen MR) is 104 cm³/mol. The van der Waals surface area contributed by atoms with Crippen molar-refractivity contribution in [3.8, 4) is 5.75 Å². The zero-order valence-corrected chi connectivity index (χ0v) is 15.5. The summed E-state index contributed by atoms with van der Waals surface area (Å²) in [5, 5.41) is 1.04. The lowest BCUT2D eigenvalue weighted by Gasteiger charge is -2.17. The van der Waals surface area contributed by atoms with Gasteiger partial charge in [-0.3, -0.25) is 9.78 Å². The number of hydrogen-bond acceptors (Lipinski definition) is 4. The van der Waals surface area contributed by atoms with E-state index < -0.39 is 0 Å².